The molecule has 53 heavy (non-hydrogen) atoms. The Hall–Kier alpha value is -5.16. The summed E-state index contributed by atoms with van der Waals surface area (Å²) in [5.74, 6) is 5.73. The first kappa shape index (κ1) is 37.6. The number of hydrogen-bond donors (Lipinski definition) is 5. The molecule has 1 atom stereocenters. The highest BCUT2D eigenvalue weighted by Gasteiger charge is 2.21. The fraction of sp³-hybridized carbons (Fsp3) is 0.459. The van der Waals surface area contributed by atoms with Crippen molar-refractivity contribution in [2.45, 2.75) is 77.7 Å². The number of carbonyl (C=O) groups is 1. The van der Waals surface area contributed by atoms with Crippen LogP contribution in [0.2, 0.25) is 0 Å². The second-order valence-electron chi connectivity index (χ2n) is 13.8. The number of rotatable bonds is 18. The van der Waals surface area contributed by atoms with Crippen molar-refractivity contribution in [2.75, 3.05) is 32.0 Å². The minimum atomic E-state index is -0.609. The van der Waals surface area contributed by atoms with E-state index < -0.39 is 6.04 Å². The van der Waals surface area contributed by atoms with Crippen molar-refractivity contribution in [1.82, 2.24) is 44.7 Å². The summed E-state index contributed by atoms with van der Waals surface area (Å²) in [5.41, 5.74) is 17.8. The summed E-state index contributed by atoms with van der Waals surface area (Å²) in [6.45, 7) is 7.19. The minimum absolute atomic E-state index is 0.125. The molecule has 1 amide bonds. The molecule has 8 N–H and O–H groups in total. The molecule has 0 radical (unpaired) electrons. The van der Waals surface area contributed by atoms with Crippen molar-refractivity contribution in [1.29, 1.82) is 0 Å². The summed E-state index contributed by atoms with van der Waals surface area (Å²) < 4.78 is 8.94. The number of likely N-dealkylation sites (tertiary alicyclic amines) is 1. The van der Waals surface area contributed by atoms with Crippen LogP contribution in [0.4, 0.5) is 5.82 Å². The van der Waals surface area contributed by atoms with Crippen LogP contribution >= 0.6 is 0 Å². The third-order valence-electron chi connectivity index (χ3n) is 9.67. The van der Waals surface area contributed by atoms with Crippen LogP contribution in [0.25, 0.3) is 11.2 Å². The van der Waals surface area contributed by atoms with Gasteiger partial charge in [0.05, 0.1) is 31.9 Å². The fourth-order valence-electron chi connectivity index (χ4n) is 6.59. The molecule has 16 heteroatoms. The topological polar surface area (TPSA) is 223 Å². The Morgan fingerprint density at radius 3 is 2.38 bits per heavy atom. The van der Waals surface area contributed by atoms with Crippen LogP contribution in [0.3, 0.4) is 0 Å². The molecule has 16 nitrogen and oxygen atoms in total. The van der Waals surface area contributed by atoms with E-state index in [1.807, 2.05) is 24.3 Å². The van der Waals surface area contributed by atoms with E-state index >= 15 is 0 Å². The third-order valence-corrected chi connectivity index (χ3v) is 9.67. The molecule has 0 bridgehead atoms. The van der Waals surface area contributed by atoms with Crippen LogP contribution in [0, 0.1) is 5.92 Å². The van der Waals surface area contributed by atoms with Crippen LogP contribution in [-0.2, 0) is 42.3 Å². The van der Waals surface area contributed by atoms with E-state index in [2.05, 4.69) is 71.5 Å². The van der Waals surface area contributed by atoms with Gasteiger partial charge in [-0.25, -0.2) is 15.4 Å². The number of imidazole rings is 1. The van der Waals surface area contributed by atoms with E-state index in [0.29, 0.717) is 55.4 Å². The first-order valence-corrected chi connectivity index (χ1v) is 18.3. The average Bonchev–Trinajstić information content (AvgIpc) is 3.73. The van der Waals surface area contributed by atoms with Crippen molar-refractivity contribution < 1.29 is 14.4 Å². The van der Waals surface area contributed by atoms with Crippen LogP contribution in [0.5, 0.6) is 6.01 Å². The lowest BCUT2D eigenvalue weighted by atomic mass is 9.93. The lowest BCUT2D eigenvalue weighted by Gasteiger charge is -2.32. The van der Waals surface area contributed by atoms with Gasteiger partial charge in [-0.2, -0.15) is 9.97 Å². The monoisotopic (exact) mass is 726 g/mol. The number of benzene rings is 2. The zero-order valence-corrected chi connectivity index (χ0v) is 30.2. The summed E-state index contributed by atoms with van der Waals surface area (Å²) >= 11 is 0. The van der Waals surface area contributed by atoms with Gasteiger partial charge in [0.1, 0.15) is 17.8 Å². The number of aromatic nitrogens is 7. The van der Waals surface area contributed by atoms with E-state index in [9.17, 15) is 9.59 Å². The van der Waals surface area contributed by atoms with Gasteiger partial charge in [-0.05, 0) is 73.4 Å². The van der Waals surface area contributed by atoms with Crippen LogP contribution in [0.1, 0.15) is 67.0 Å². The summed E-state index contributed by atoms with van der Waals surface area (Å²) in [5, 5.41) is 11.1. The maximum Gasteiger partial charge on any atom is 0.328 e. The largest absolute Gasteiger partial charge is 0.463 e. The van der Waals surface area contributed by atoms with Crippen molar-refractivity contribution >= 4 is 22.9 Å². The number of amides is 1. The summed E-state index contributed by atoms with van der Waals surface area (Å²) in [4.78, 5) is 44.0. The smallest absolute Gasteiger partial charge is 0.328 e. The zero-order chi connectivity index (χ0) is 37.2. The molecule has 1 aliphatic rings. The highest BCUT2D eigenvalue weighted by atomic mass is 16.6. The molecule has 1 fully saturated rings. The molecule has 0 aliphatic carbocycles. The number of nitrogens with zero attached hydrogens (tertiary/aromatic N) is 7. The van der Waals surface area contributed by atoms with Crippen LogP contribution in [0.15, 0.2) is 59.5 Å². The summed E-state index contributed by atoms with van der Waals surface area (Å²) in [7, 11) is 0. The van der Waals surface area contributed by atoms with Crippen LogP contribution in [-0.4, -0.2) is 77.6 Å². The molecule has 5 aromatic rings. The number of unbranched alkanes of at least 4 members (excludes halogenated alkanes) is 1. The molecular weight excluding hydrogens is 676 g/mol. The van der Waals surface area contributed by atoms with E-state index in [4.69, 9.17) is 22.1 Å². The number of nitrogens with two attached hydrogens (primary N) is 3. The Bertz CT molecular complexity index is 1980. The molecule has 1 saturated heterocycles. The highest BCUT2D eigenvalue weighted by Crippen LogP contribution is 2.23. The second-order valence-corrected chi connectivity index (χ2v) is 13.8. The number of H-pyrrole nitrogens is 1. The van der Waals surface area contributed by atoms with Crippen molar-refractivity contribution in [3.05, 3.63) is 93.2 Å². The van der Waals surface area contributed by atoms with E-state index in [-0.39, 0.29) is 30.0 Å². The molecule has 0 saturated carbocycles. The van der Waals surface area contributed by atoms with Gasteiger partial charge in [0, 0.05) is 13.1 Å². The zero-order valence-electron chi connectivity index (χ0n) is 30.2. The standard InChI is InChI=1S/C37H50N12O4/c1-2-3-18-52-36-43-33(39)32-34(44-36)49(37(51)42-32)22-29-10-8-27(9-11-29)20-47-16-13-25(14-17-47)12-15-41-35(50)31(38)19-26-4-6-28(7-5-26)21-48-23-30(24-53-40)45-46-48/h4-11,23,25,31H,2-3,12-22,24,38,40H2,1H3,(H,41,50)(H,42,51)(H2,39,43,44). The van der Waals surface area contributed by atoms with Crippen molar-refractivity contribution in [2.24, 2.45) is 17.5 Å². The molecule has 3 aromatic heterocycles. The van der Waals surface area contributed by atoms with Gasteiger partial charge >= 0.3 is 11.7 Å². The Morgan fingerprint density at radius 2 is 1.68 bits per heavy atom. The third kappa shape index (κ3) is 10.3. The lowest BCUT2D eigenvalue weighted by Crippen LogP contribution is -2.43. The predicted octanol–water partition coefficient (Wildman–Crippen LogP) is 2.25. The summed E-state index contributed by atoms with van der Waals surface area (Å²) in [6, 6.07) is 15.9. The number of hydrogen-bond acceptors (Lipinski definition) is 12. The van der Waals surface area contributed by atoms with E-state index in [1.165, 1.54) is 5.56 Å². The fourth-order valence-corrected chi connectivity index (χ4v) is 6.59. The molecule has 1 aliphatic heterocycles. The van der Waals surface area contributed by atoms with E-state index in [0.717, 1.165) is 68.4 Å². The molecule has 1 unspecified atom stereocenters. The summed E-state index contributed by atoms with van der Waals surface area (Å²) in [6.07, 6.45) is 7.23. The maximum atomic E-state index is 12.8. The number of aromatic amines is 1. The molecule has 2 aromatic carbocycles. The number of anilines is 1. The predicted molar refractivity (Wildman–Crippen MR) is 200 cm³/mol. The Morgan fingerprint density at radius 1 is 1.00 bits per heavy atom. The van der Waals surface area contributed by atoms with E-state index in [1.54, 1.807) is 15.4 Å². The highest BCUT2D eigenvalue weighted by molar-refractivity contribution is 5.82. The second kappa shape index (κ2) is 18.1. The normalized spacial score (nSPS) is 14.5. The van der Waals surface area contributed by atoms with Gasteiger partial charge in [-0.3, -0.25) is 19.1 Å². The number of piperidine rings is 1. The number of fused-ring (bicyclic) bond motifs is 1. The van der Waals surface area contributed by atoms with Gasteiger partial charge in [0.15, 0.2) is 11.5 Å². The quantitative estimate of drug-likeness (QED) is 0.0648. The molecule has 0 spiro atoms. The Balaban J connectivity index is 0.897. The number of nitrogen functional groups attached to an aromatic ring is 1. The van der Waals surface area contributed by atoms with Crippen LogP contribution < -0.4 is 33.1 Å². The number of ether oxygens (including phenoxy) is 1. The molecule has 282 valence electrons. The number of nitrogens with one attached hydrogen (secondary N) is 2. The molecule has 4 heterocycles. The minimum Gasteiger partial charge on any atom is -0.463 e. The first-order chi connectivity index (χ1) is 25.8. The van der Waals surface area contributed by atoms with Gasteiger partial charge in [0.2, 0.25) is 5.91 Å². The van der Waals surface area contributed by atoms with Gasteiger partial charge < -0.3 is 26.5 Å². The Kier molecular flexibility index (Phi) is 12.8. The first-order valence-electron chi connectivity index (χ1n) is 18.3. The van der Waals surface area contributed by atoms with Gasteiger partial charge in [0.25, 0.3) is 0 Å². The van der Waals surface area contributed by atoms with Crippen molar-refractivity contribution in [3.63, 3.8) is 0 Å². The number of carbonyl (C=O) groups excluding carboxylic acids is 1. The Labute approximate surface area is 308 Å². The van der Waals surface area contributed by atoms with Crippen molar-refractivity contribution in [3.8, 4) is 6.01 Å². The maximum absolute atomic E-state index is 12.8. The molecule has 6 rings (SSSR count). The average molecular weight is 727 g/mol. The van der Waals surface area contributed by atoms with Gasteiger partial charge in [-0.1, -0.05) is 67.1 Å². The molecular formula is C37H50N12O4. The SMILES string of the molecule is CCCCOc1nc(N)c2[nH]c(=O)n(Cc3ccc(CN4CCC(CCNC(=O)C(N)Cc5ccc(Cn6cc(CON)nn6)cc5)CC4)cc3)c2n1. The lowest BCUT2D eigenvalue weighted by molar-refractivity contribution is -0.122. The van der Waals surface area contributed by atoms with Gasteiger partial charge in [-0.15, -0.1) is 5.10 Å².